The van der Waals surface area contributed by atoms with Crippen molar-refractivity contribution >= 4 is 17.4 Å². The van der Waals surface area contributed by atoms with E-state index in [0.717, 1.165) is 17.2 Å². The Morgan fingerprint density at radius 3 is 2.56 bits per heavy atom. The van der Waals surface area contributed by atoms with Gasteiger partial charge in [-0.2, -0.15) is 0 Å². The molecule has 8 heteroatoms. The number of carbonyl (C=O) groups is 1. The van der Waals surface area contributed by atoms with Crippen molar-refractivity contribution in [2.24, 2.45) is 0 Å². The first-order valence-corrected chi connectivity index (χ1v) is 8.35. The van der Waals surface area contributed by atoms with Crippen LogP contribution in [0.1, 0.15) is 16.2 Å². The van der Waals surface area contributed by atoms with Crippen LogP contribution in [0.15, 0.2) is 53.2 Å². The van der Waals surface area contributed by atoms with Gasteiger partial charge in [-0.1, -0.05) is 5.16 Å². The molecule has 0 unspecified atom stereocenters. The zero-order valence-corrected chi connectivity index (χ0v) is 15.1. The number of aryl methyl sites for hydroxylation is 1. The molecule has 0 spiro atoms. The van der Waals surface area contributed by atoms with Crippen molar-refractivity contribution in [3.63, 3.8) is 0 Å². The molecule has 0 aliphatic heterocycles. The molecule has 27 heavy (non-hydrogen) atoms. The normalized spacial score (nSPS) is 10.3. The van der Waals surface area contributed by atoms with E-state index in [0.29, 0.717) is 24.7 Å². The number of hydrogen-bond acceptors (Lipinski definition) is 7. The van der Waals surface area contributed by atoms with Gasteiger partial charge in [0.15, 0.2) is 5.82 Å². The molecule has 0 fully saturated rings. The summed E-state index contributed by atoms with van der Waals surface area (Å²) in [6, 6.07) is 12.4. The minimum atomic E-state index is -0.349. The predicted octanol–water partition coefficient (Wildman–Crippen LogP) is 3.13. The van der Waals surface area contributed by atoms with E-state index in [2.05, 4.69) is 20.8 Å². The number of amides is 1. The summed E-state index contributed by atoms with van der Waals surface area (Å²) in [6.45, 7) is 2.83. The lowest BCUT2D eigenvalue weighted by Gasteiger charge is -2.09. The summed E-state index contributed by atoms with van der Waals surface area (Å²) in [5.74, 6) is 2.18. The quantitative estimate of drug-likeness (QED) is 0.589. The largest absolute Gasteiger partial charge is 0.497 e. The summed E-state index contributed by atoms with van der Waals surface area (Å²) < 4.78 is 15.6. The fourth-order valence-corrected chi connectivity index (χ4v) is 2.27. The summed E-state index contributed by atoms with van der Waals surface area (Å²) in [4.78, 5) is 16.2. The lowest BCUT2D eigenvalue weighted by molar-refractivity contribution is 0.102. The van der Waals surface area contributed by atoms with Crippen LogP contribution in [0.3, 0.4) is 0 Å². The van der Waals surface area contributed by atoms with Crippen molar-refractivity contribution in [1.82, 2.24) is 10.1 Å². The molecule has 3 rings (SSSR count). The van der Waals surface area contributed by atoms with Crippen molar-refractivity contribution in [3.8, 4) is 11.5 Å². The Morgan fingerprint density at radius 2 is 1.93 bits per heavy atom. The van der Waals surface area contributed by atoms with E-state index >= 15 is 0 Å². The Labute approximate surface area is 156 Å². The minimum absolute atomic E-state index is 0.288. The number of methoxy groups -OCH3 is 1. The highest BCUT2D eigenvalue weighted by Crippen LogP contribution is 2.17. The van der Waals surface area contributed by atoms with E-state index in [1.54, 1.807) is 38.4 Å². The highest BCUT2D eigenvalue weighted by Gasteiger charge is 2.10. The van der Waals surface area contributed by atoms with Crippen LogP contribution in [0.25, 0.3) is 0 Å². The van der Waals surface area contributed by atoms with Gasteiger partial charge in [-0.15, -0.1) is 0 Å². The molecule has 0 saturated heterocycles. The molecule has 0 saturated carbocycles. The number of carbonyl (C=O) groups excluding carboxylic acids is 1. The molecule has 0 radical (unpaired) electrons. The van der Waals surface area contributed by atoms with Gasteiger partial charge in [0, 0.05) is 12.6 Å². The number of aromatic nitrogens is 2. The van der Waals surface area contributed by atoms with Gasteiger partial charge >= 0.3 is 0 Å². The van der Waals surface area contributed by atoms with Crippen molar-refractivity contribution in [2.45, 2.75) is 6.92 Å². The fraction of sp³-hybridized carbons (Fsp3) is 0.211. The van der Waals surface area contributed by atoms with Gasteiger partial charge in [-0.3, -0.25) is 4.79 Å². The smallest absolute Gasteiger partial charge is 0.275 e. The van der Waals surface area contributed by atoms with Gasteiger partial charge < -0.3 is 24.6 Å². The fourth-order valence-electron chi connectivity index (χ4n) is 2.27. The first-order valence-electron chi connectivity index (χ1n) is 8.35. The standard InChI is InChI=1S/C19H20N4O4/c1-13-11-18(23-27-13)22-19(24)17-8-3-14(12-21-17)20-9-10-26-16-6-4-15(25-2)5-7-16/h3-8,11-12,20H,9-10H2,1-2H3,(H,22,23,24). The van der Waals surface area contributed by atoms with Crippen molar-refractivity contribution in [3.05, 3.63) is 60.1 Å². The number of pyridine rings is 1. The monoisotopic (exact) mass is 368 g/mol. The van der Waals surface area contributed by atoms with E-state index < -0.39 is 0 Å². The maximum absolute atomic E-state index is 12.1. The minimum Gasteiger partial charge on any atom is -0.497 e. The predicted molar refractivity (Wildman–Crippen MR) is 100 cm³/mol. The van der Waals surface area contributed by atoms with Gasteiger partial charge in [0.25, 0.3) is 5.91 Å². The van der Waals surface area contributed by atoms with Crippen LogP contribution < -0.4 is 20.1 Å². The van der Waals surface area contributed by atoms with Crippen LogP contribution in [0.4, 0.5) is 11.5 Å². The number of benzene rings is 1. The zero-order chi connectivity index (χ0) is 19.1. The van der Waals surface area contributed by atoms with Crippen molar-refractivity contribution in [2.75, 3.05) is 30.9 Å². The summed E-state index contributed by atoms with van der Waals surface area (Å²) in [6.07, 6.45) is 1.59. The van der Waals surface area contributed by atoms with E-state index in [-0.39, 0.29) is 11.6 Å². The van der Waals surface area contributed by atoms with Crippen LogP contribution in [-0.4, -0.2) is 36.3 Å². The van der Waals surface area contributed by atoms with Gasteiger partial charge in [0.2, 0.25) is 0 Å². The van der Waals surface area contributed by atoms with Gasteiger partial charge in [-0.25, -0.2) is 4.98 Å². The average molecular weight is 368 g/mol. The number of anilines is 2. The van der Waals surface area contributed by atoms with Gasteiger partial charge in [-0.05, 0) is 43.3 Å². The molecular formula is C19H20N4O4. The van der Waals surface area contributed by atoms with E-state index in [4.69, 9.17) is 14.0 Å². The SMILES string of the molecule is COc1ccc(OCCNc2ccc(C(=O)Nc3cc(C)on3)nc2)cc1. The maximum atomic E-state index is 12.1. The maximum Gasteiger partial charge on any atom is 0.275 e. The van der Waals surface area contributed by atoms with E-state index in [1.807, 2.05) is 24.3 Å². The zero-order valence-electron chi connectivity index (χ0n) is 15.1. The van der Waals surface area contributed by atoms with Crippen LogP contribution in [-0.2, 0) is 0 Å². The molecule has 140 valence electrons. The lowest BCUT2D eigenvalue weighted by atomic mass is 10.3. The number of hydrogen-bond donors (Lipinski definition) is 2. The molecule has 1 amide bonds. The Kier molecular flexibility index (Phi) is 5.88. The van der Waals surface area contributed by atoms with Gasteiger partial charge in [0.05, 0.1) is 19.0 Å². The van der Waals surface area contributed by atoms with Crippen LogP contribution in [0.2, 0.25) is 0 Å². The van der Waals surface area contributed by atoms with Crippen molar-refractivity contribution in [1.29, 1.82) is 0 Å². The number of rotatable bonds is 8. The number of nitrogens with zero attached hydrogens (tertiary/aromatic N) is 2. The summed E-state index contributed by atoms with van der Waals surface area (Å²) in [7, 11) is 1.62. The number of ether oxygens (including phenoxy) is 2. The molecule has 8 nitrogen and oxygen atoms in total. The Morgan fingerprint density at radius 1 is 1.15 bits per heavy atom. The Balaban J connectivity index is 1.43. The van der Waals surface area contributed by atoms with Crippen LogP contribution >= 0.6 is 0 Å². The Bertz CT molecular complexity index is 875. The highest BCUT2D eigenvalue weighted by atomic mass is 16.5. The molecule has 2 N–H and O–H groups in total. The van der Waals surface area contributed by atoms with E-state index in [9.17, 15) is 4.79 Å². The first kappa shape index (κ1) is 18.2. The second kappa shape index (κ2) is 8.70. The van der Waals surface area contributed by atoms with Crippen LogP contribution in [0, 0.1) is 6.92 Å². The third-order valence-electron chi connectivity index (χ3n) is 3.63. The number of nitrogens with one attached hydrogen (secondary N) is 2. The molecule has 0 aliphatic rings. The summed E-state index contributed by atoms with van der Waals surface area (Å²) in [5.41, 5.74) is 1.08. The lowest BCUT2D eigenvalue weighted by Crippen LogP contribution is -2.15. The second-order valence-corrected chi connectivity index (χ2v) is 5.66. The topological polar surface area (TPSA) is 98.5 Å². The molecule has 2 aromatic heterocycles. The molecule has 0 bridgehead atoms. The molecule has 0 aliphatic carbocycles. The highest BCUT2D eigenvalue weighted by molar-refractivity contribution is 6.02. The third kappa shape index (κ3) is 5.21. The summed E-state index contributed by atoms with van der Waals surface area (Å²) in [5, 5.41) is 9.52. The third-order valence-corrected chi connectivity index (χ3v) is 3.63. The molecule has 1 aromatic carbocycles. The van der Waals surface area contributed by atoms with Gasteiger partial charge in [0.1, 0.15) is 29.6 Å². The molecular weight excluding hydrogens is 348 g/mol. The van der Waals surface area contributed by atoms with Crippen LogP contribution in [0.5, 0.6) is 11.5 Å². The molecule has 0 atom stereocenters. The van der Waals surface area contributed by atoms with Crippen molar-refractivity contribution < 1.29 is 18.8 Å². The molecule has 3 aromatic rings. The first-order chi connectivity index (χ1) is 13.1. The Hall–Kier alpha value is -3.55. The average Bonchev–Trinajstić information content (AvgIpc) is 3.10. The summed E-state index contributed by atoms with van der Waals surface area (Å²) >= 11 is 0. The molecule has 2 heterocycles. The second-order valence-electron chi connectivity index (χ2n) is 5.66. The van der Waals surface area contributed by atoms with E-state index in [1.165, 1.54) is 0 Å².